The lowest BCUT2D eigenvalue weighted by atomic mass is 10.2. The number of hydrogen-bond donors (Lipinski definition) is 1. The SMILES string of the molecule is O=C(Nc1ccccn1)c1cccc(S(=O)(=O)N2CCN(Cc3ccccc3)CC2)c1. The van der Waals surface area contributed by atoms with Crippen LogP contribution in [0.5, 0.6) is 0 Å². The molecule has 0 unspecified atom stereocenters. The summed E-state index contributed by atoms with van der Waals surface area (Å²) in [6, 6.07) is 21.5. The Bertz CT molecular complexity index is 1130. The summed E-state index contributed by atoms with van der Waals surface area (Å²) < 4.78 is 27.8. The summed E-state index contributed by atoms with van der Waals surface area (Å²) in [5, 5.41) is 2.68. The van der Waals surface area contributed by atoms with Crippen molar-refractivity contribution in [2.75, 3.05) is 31.5 Å². The lowest BCUT2D eigenvalue weighted by Crippen LogP contribution is -2.48. The second kappa shape index (κ2) is 9.38. The monoisotopic (exact) mass is 436 g/mol. The Labute approximate surface area is 182 Å². The minimum Gasteiger partial charge on any atom is -0.307 e. The van der Waals surface area contributed by atoms with Gasteiger partial charge >= 0.3 is 0 Å². The number of anilines is 1. The smallest absolute Gasteiger partial charge is 0.256 e. The third kappa shape index (κ3) is 5.16. The second-order valence-corrected chi connectivity index (χ2v) is 9.30. The number of nitrogens with zero attached hydrogens (tertiary/aromatic N) is 3. The largest absolute Gasteiger partial charge is 0.307 e. The van der Waals surface area contributed by atoms with Gasteiger partial charge in [0.2, 0.25) is 10.0 Å². The molecule has 1 N–H and O–H groups in total. The number of benzene rings is 2. The topological polar surface area (TPSA) is 82.6 Å². The first-order valence-electron chi connectivity index (χ1n) is 10.1. The van der Waals surface area contributed by atoms with Crippen molar-refractivity contribution in [1.29, 1.82) is 0 Å². The fourth-order valence-electron chi connectivity index (χ4n) is 3.54. The third-order valence-corrected chi connectivity index (χ3v) is 7.12. The zero-order chi connectivity index (χ0) is 21.7. The van der Waals surface area contributed by atoms with Gasteiger partial charge in [-0.3, -0.25) is 9.69 Å². The average molecular weight is 437 g/mol. The Balaban J connectivity index is 1.42. The predicted octanol–water partition coefficient (Wildman–Crippen LogP) is 2.84. The molecule has 160 valence electrons. The van der Waals surface area contributed by atoms with Crippen LogP contribution in [0, 0.1) is 0 Å². The highest BCUT2D eigenvalue weighted by Gasteiger charge is 2.29. The number of aromatic nitrogens is 1. The highest BCUT2D eigenvalue weighted by molar-refractivity contribution is 7.89. The van der Waals surface area contributed by atoms with E-state index in [1.165, 1.54) is 22.0 Å². The molecule has 0 atom stereocenters. The van der Waals surface area contributed by atoms with E-state index in [1.54, 1.807) is 36.5 Å². The molecule has 0 bridgehead atoms. The zero-order valence-corrected chi connectivity index (χ0v) is 17.8. The van der Waals surface area contributed by atoms with Crippen LogP contribution in [0.4, 0.5) is 5.82 Å². The maximum atomic E-state index is 13.1. The van der Waals surface area contributed by atoms with Crippen molar-refractivity contribution in [3.8, 4) is 0 Å². The molecule has 1 aromatic heterocycles. The number of pyridine rings is 1. The lowest BCUT2D eigenvalue weighted by molar-refractivity contribution is 0.102. The Morgan fingerprint density at radius 3 is 2.35 bits per heavy atom. The molecule has 7 nitrogen and oxygen atoms in total. The average Bonchev–Trinajstić information content (AvgIpc) is 2.81. The summed E-state index contributed by atoms with van der Waals surface area (Å²) in [4.78, 5) is 19.0. The van der Waals surface area contributed by atoms with Crippen LogP contribution in [-0.4, -0.2) is 54.7 Å². The lowest BCUT2D eigenvalue weighted by Gasteiger charge is -2.34. The number of nitrogens with one attached hydrogen (secondary N) is 1. The van der Waals surface area contributed by atoms with Crippen LogP contribution in [0.2, 0.25) is 0 Å². The van der Waals surface area contributed by atoms with Gasteiger partial charge in [0.05, 0.1) is 4.90 Å². The summed E-state index contributed by atoms with van der Waals surface area (Å²) in [5.74, 6) is 0.0127. The van der Waals surface area contributed by atoms with E-state index in [0.717, 1.165) is 6.54 Å². The molecule has 8 heteroatoms. The molecule has 0 saturated carbocycles. The van der Waals surface area contributed by atoms with E-state index < -0.39 is 15.9 Å². The predicted molar refractivity (Wildman–Crippen MR) is 119 cm³/mol. The molecule has 1 aliphatic rings. The normalized spacial score (nSPS) is 15.5. The highest BCUT2D eigenvalue weighted by atomic mass is 32.2. The van der Waals surface area contributed by atoms with E-state index in [-0.39, 0.29) is 10.5 Å². The molecule has 1 saturated heterocycles. The summed E-state index contributed by atoms with van der Waals surface area (Å²) >= 11 is 0. The summed E-state index contributed by atoms with van der Waals surface area (Å²) in [7, 11) is -3.68. The maximum Gasteiger partial charge on any atom is 0.256 e. The molecule has 2 heterocycles. The number of amides is 1. The number of carbonyl (C=O) groups is 1. The van der Waals surface area contributed by atoms with Crippen molar-refractivity contribution in [3.05, 3.63) is 90.1 Å². The molecular weight excluding hydrogens is 412 g/mol. The molecule has 1 amide bonds. The van der Waals surface area contributed by atoms with Gasteiger partial charge in [-0.15, -0.1) is 0 Å². The first-order valence-corrected chi connectivity index (χ1v) is 11.6. The van der Waals surface area contributed by atoms with Gasteiger partial charge in [0.15, 0.2) is 0 Å². The fourth-order valence-corrected chi connectivity index (χ4v) is 5.01. The van der Waals surface area contributed by atoms with Crippen LogP contribution in [0.1, 0.15) is 15.9 Å². The summed E-state index contributed by atoms with van der Waals surface area (Å²) in [6.45, 7) is 2.96. The molecule has 1 fully saturated rings. The van der Waals surface area contributed by atoms with Crippen LogP contribution >= 0.6 is 0 Å². The fraction of sp³-hybridized carbons (Fsp3) is 0.217. The first-order chi connectivity index (χ1) is 15.0. The van der Waals surface area contributed by atoms with Crippen molar-refractivity contribution in [2.24, 2.45) is 0 Å². The van der Waals surface area contributed by atoms with Crippen LogP contribution in [-0.2, 0) is 16.6 Å². The van der Waals surface area contributed by atoms with E-state index >= 15 is 0 Å². The molecule has 31 heavy (non-hydrogen) atoms. The molecule has 0 spiro atoms. The van der Waals surface area contributed by atoms with Gasteiger partial charge in [-0.25, -0.2) is 13.4 Å². The van der Waals surface area contributed by atoms with Crippen LogP contribution in [0.25, 0.3) is 0 Å². The van der Waals surface area contributed by atoms with Crippen LogP contribution < -0.4 is 5.32 Å². The second-order valence-electron chi connectivity index (χ2n) is 7.36. The molecule has 2 aromatic carbocycles. The van der Waals surface area contributed by atoms with Crippen molar-refractivity contribution in [2.45, 2.75) is 11.4 Å². The Hall–Kier alpha value is -3.07. The minimum absolute atomic E-state index is 0.123. The standard InChI is InChI=1S/C23H24N4O3S/c28-23(25-22-11-4-5-12-24-22)20-9-6-10-21(17-20)31(29,30)27-15-13-26(14-16-27)18-19-7-2-1-3-8-19/h1-12,17H,13-16,18H2,(H,24,25,28). The molecule has 4 rings (SSSR count). The minimum atomic E-state index is -3.68. The molecule has 1 aliphatic heterocycles. The van der Waals surface area contributed by atoms with E-state index in [4.69, 9.17) is 0 Å². The summed E-state index contributed by atoms with van der Waals surface area (Å²) in [6.07, 6.45) is 1.58. The van der Waals surface area contributed by atoms with Gasteiger partial charge in [-0.2, -0.15) is 4.31 Å². The molecule has 3 aromatic rings. The van der Waals surface area contributed by atoms with Gasteiger partial charge in [0.1, 0.15) is 5.82 Å². The number of hydrogen-bond acceptors (Lipinski definition) is 5. The molecule has 0 aliphatic carbocycles. The van der Waals surface area contributed by atoms with Gasteiger partial charge in [0.25, 0.3) is 5.91 Å². The van der Waals surface area contributed by atoms with Crippen LogP contribution in [0.3, 0.4) is 0 Å². The van der Waals surface area contributed by atoms with Crippen molar-refractivity contribution >= 4 is 21.7 Å². The van der Waals surface area contributed by atoms with E-state index in [2.05, 4.69) is 27.3 Å². The number of piperazine rings is 1. The number of rotatable bonds is 6. The number of sulfonamides is 1. The zero-order valence-electron chi connectivity index (χ0n) is 17.0. The van der Waals surface area contributed by atoms with Crippen molar-refractivity contribution < 1.29 is 13.2 Å². The third-order valence-electron chi connectivity index (χ3n) is 5.22. The highest BCUT2D eigenvalue weighted by Crippen LogP contribution is 2.20. The Kier molecular flexibility index (Phi) is 6.41. The maximum absolute atomic E-state index is 13.1. The van der Waals surface area contributed by atoms with Crippen molar-refractivity contribution in [3.63, 3.8) is 0 Å². The Morgan fingerprint density at radius 1 is 0.903 bits per heavy atom. The van der Waals surface area contributed by atoms with Gasteiger partial charge in [-0.05, 0) is 35.9 Å². The van der Waals surface area contributed by atoms with E-state index in [9.17, 15) is 13.2 Å². The number of carbonyl (C=O) groups excluding carboxylic acids is 1. The summed E-state index contributed by atoms with van der Waals surface area (Å²) in [5.41, 5.74) is 1.49. The molecular formula is C23H24N4O3S. The van der Waals surface area contributed by atoms with Crippen molar-refractivity contribution in [1.82, 2.24) is 14.2 Å². The first kappa shape index (κ1) is 21.2. The Morgan fingerprint density at radius 2 is 1.65 bits per heavy atom. The van der Waals surface area contributed by atoms with Gasteiger partial charge < -0.3 is 5.32 Å². The molecule has 0 radical (unpaired) electrons. The van der Waals surface area contributed by atoms with E-state index in [0.29, 0.717) is 32.0 Å². The quantitative estimate of drug-likeness (QED) is 0.643. The van der Waals surface area contributed by atoms with Gasteiger partial charge in [0, 0.05) is 44.5 Å². The van der Waals surface area contributed by atoms with Gasteiger partial charge in [-0.1, -0.05) is 42.5 Å². The van der Waals surface area contributed by atoms with E-state index in [1.807, 2.05) is 18.2 Å². The van der Waals surface area contributed by atoms with Crippen LogP contribution in [0.15, 0.2) is 83.9 Å².